The van der Waals surface area contributed by atoms with Crippen LogP contribution in [0.4, 0.5) is 19.0 Å². The first-order valence-electron chi connectivity index (χ1n) is 3.27. The largest absolute Gasteiger partial charge is 0.421 e. The summed E-state index contributed by atoms with van der Waals surface area (Å²) >= 11 is 10.7. The highest BCUT2D eigenvalue weighted by Gasteiger charge is 2.37. The summed E-state index contributed by atoms with van der Waals surface area (Å²) in [5.74, 6) is 4.92. The van der Waals surface area contributed by atoms with E-state index in [0.29, 0.717) is 10.7 Å². The maximum absolute atomic E-state index is 12.3. The van der Waals surface area contributed by atoms with E-state index in [2.05, 4.69) is 0 Å². The second-order valence-corrected chi connectivity index (χ2v) is 3.21. The van der Waals surface area contributed by atoms with Crippen molar-refractivity contribution < 1.29 is 17.8 Å². The Morgan fingerprint density at radius 1 is 1.29 bits per heavy atom. The van der Waals surface area contributed by atoms with Crippen LogP contribution in [0, 0.1) is 0 Å². The number of nitrogen functional groups attached to an aromatic ring is 2. The number of halogens is 5. The maximum atomic E-state index is 12.3. The van der Waals surface area contributed by atoms with Crippen molar-refractivity contribution in [2.24, 2.45) is 0 Å². The van der Waals surface area contributed by atoms with E-state index in [0.717, 1.165) is 0 Å². The van der Waals surface area contributed by atoms with Crippen LogP contribution >= 0.6 is 23.2 Å². The fraction of sp³-hybridized carbons (Fsp3) is 0.167. The molecule has 0 saturated carbocycles. The van der Waals surface area contributed by atoms with Gasteiger partial charge in [-0.3, -0.25) is 11.6 Å². The highest BCUT2D eigenvalue weighted by Crippen LogP contribution is 2.35. The van der Waals surface area contributed by atoms with Gasteiger partial charge in [0.1, 0.15) is 10.6 Å². The van der Waals surface area contributed by atoms with Crippen LogP contribution in [0.1, 0.15) is 5.56 Å². The van der Waals surface area contributed by atoms with Gasteiger partial charge in [0.15, 0.2) is 0 Å². The fourth-order valence-corrected chi connectivity index (χ4v) is 1.26. The van der Waals surface area contributed by atoms with E-state index in [9.17, 15) is 13.2 Å². The third-order valence-corrected chi connectivity index (χ3v) is 2.20. The molecule has 0 unspecified atom stereocenters. The van der Waals surface area contributed by atoms with Gasteiger partial charge in [-0.2, -0.15) is 13.2 Å². The van der Waals surface area contributed by atoms with Crippen molar-refractivity contribution in [3.8, 4) is 0 Å². The van der Waals surface area contributed by atoms with E-state index < -0.39 is 16.9 Å². The molecular weight excluding hydrogens is 242 g/mol. The van der Waals surface area contributed by atoms with Crippen molar-refractivity contribution in [1.29, 1.82) is 0 Å². The zero-order valence-electron chi connectivity index (χ0n) is 6.57. The lowest BCUT2D eigenvalue weighted by molar-refractivity contribution is -0.622. The second-order valence-electron chi connectivity index (χ2n) is 2.45. The molecule has 1 aromatic heterocycles. The first-order chi connectivity index (χ1) is 6.25. The molecule has 1 aromatic rings. The maximum Gasteiger partial charge on any atom is 0.421 e. The molecule has 4 N–H and O–H groups in total. The molecule has 14 heavy (non-hydrogen) atoms. The Kier molecular flexibility index (Phi) is 2.69. The van der Waals surface area contributed by atoms with Crippen LogP contribution in [0.3, 0.4) is 0 Å². The average Bonchev–Trinajstić information content (AvgIpc) is 2.06. The van der Waals surface area contributed by atoms with Crippen molar-refractivity contribution in [3.05, 3.63) is 21.8 Å². The third kappa shape index (κ3) is 1.80. The Balaban J connectivity index is 3.49. The molecule has 0 saturated heterocycles. The minimum Gasteiger partial charge on any atom is -0.284 e. The molecule has 0 amide bonds. The lowest BCUT2D eigenvalue weighted by Crippen LogP contribution is -2.49. The summed E-state index contributed by atoms with van der Waals surface area (Å²) in [6, 6.07) is 0.628. The molecule has 0 bridgehead atoms. The van der Waals surface area contributed by atoms with Gasteiger partial charge >= 0.3 is 12.0 Å². The Morgan fingerprint density at radius 2 is 1.79 bits per heavy atom. The molecule has 78 valence electrons. The highest BCUT2D eigenvalue weighted by atomic mass is 35.5. The molecule has 0 radical (unpaired) electrons. The summed E-state index contributed by atoms with van der Waals surface area (Å²) in [4.78, 5) is 0. The number of hydrogen-bond acceptors (Lipinski definition) is 2. The Labute approximate surface area is 87.0 Å². The topological polar surface area (TPSA) is 55.9 Å². The van der Waals surface area contributed by atoms with Gasteiger partial charge in [0.2, 0.25) is 5.15 Å². The molecule has 0 aliphatic heterocycles. The summed E-state index contributed by atoms with van der Waals surface area (Å²) in [5.41, 5.74) is 4.12. The fourth-order valence-electron chi connectivity index (χ4n) is 0.810. The standard InChI is InChI=1S/C6H4Cl2F3N3/c7-3-1-2(6(9,10)11)4(8)14(13)5(3)12/h1,12H,13H2/p+1. The smallest absolute Gasteiger partial charge is 0.284 e. The zero-order valence-corrected chi connectivity index (χ0v) is 8.08. The van der Waals surface area contributed by atoms with E-state index in [1.54, 1.807) is 0 Å². The van der Waals surface area contributed by atoms with Gasteiger partial charge in [-0.05, 0) is 17.7 Å². The molecule has 3 nitrogen and oxygen atoms in total. The van der Waals surface area contributed by atoms with Crippen LogP contribution < -0.4 is 16.3 Å². The number of aromatic nitrogens is 1. The van der Waals surface area contributed by atoms with E-state index in [1.807, 2.05) is 0 Å². The Hall–Kier alpha value is -0.880. The molecule has 1 rings (SSSR count). The van der Waals surface area contributed by atoms with Crippen LogP contribution in [-0.2, 0) is 6.18 Å². The normalized spacial score (nSPS) is 11.8. The second kappa shape index (κ2) is 3.36. The quantitative estimate of drug-likeness (QED) is 0.415. The van der Waals surface area contributed by atoms with Crippen molar-refractivity contribution in [2.45, 2.75) is 6.18 Å². The van der Waals surface area contributed by atoms with Crippen molar-refractivity contribution in [2.75, 3.05) is 11.6 Å². The summed E-state index contributed by atoms with van der Waals surface area (Å²) < 4.78 is 37.3. The molecule has 8 heteroatoms. The number of hydrogen-bond donors (Lipinski definition) is 2. The van der Waals surface area contributed by atoms with Crippen LogP contribution in [0.25, 0.3) is 0 Å². The van der Waals surface area contributed by atoms with Crippen LogP contribution in [0.2, 0.25) is 10.2 Å². The van der Waals surface area contributed by atoms with Gasteiger partial charge in [0.25, 0.3) is 0 Å². The van der Waals surface area contributed by atoms with Crippen LogP contribution in [0.15, 0.2) is 6.07 Å². The third-order valence-electron chi connectivity index (χ3n) is 1.51. The number of nitrogens with two attached hydrogens (primary N) is 2. The summed E-state index contributed by atoms with van der Waals surface area (Å²) in [6.07, 6.45) is -4.62. The van der Waals surface area contributed by atoms with E-state index in [1.165, 1.54) is 0 Å². The molecular formula is C6H5Cl2F3N3+. The number of rotatable bonds is 0. The molecule has 0 atom stereocenters. The Morgan fingerprint density at radius 3 is 2.21 bits per heavy atom. The first-order valence-corrected chi connectivity index (χ1v) is 4.02. The van der Waals surface area contributed by atoms with Crippen molar-refractivity contribution in [3.63, 3.8) is 0 Å². The molecule has 0 aliphatic carbocycles. The van der Waals surface area contributed by atoms with Crippen molar-refractivity contribution in [1.82, 2.24) is 0 Å². The van der Waals surface area contributed by atoms with Gasteiger partial charge in [-0.1, -0.05) is 11.6 Å². The van der Waals surface area contributed by atoms with Gasteiger partial charge in [0, 0.05) is 0 Å². The molecule has 0 aliphatic rings. The predicted octanol–water partition coefficient (Wildman–Crippen LogP) is 1.60. The lowest BCUT2D eigenvalue weighted by Gasteiger charge is -2.09. The first kappa shape index (κ1) is 11.2. The predicted molar refractivity (Wildman–Crippen MR) is 46.2 cm³/mol. The van der Waals surface area contributed by atoms with Gasteiger partial charge < -0.3 is 0 Å². The number of alkyl halides is 3. The van der Waals surface area contributed by atoms with E-state index in [-0.39, 0.29) is 10.8 Å². The molecule has 1 heterocycles. The van der Waals surface area contributed by atoms with Crippen LogP contribution in [0.5, 0.6) is 0 Å². The Bertz CT molecular complexity index is 378. The number of anilines is 1. The SMILES string of the molecule is Nc1c(Cl)cc(C(F)(F)F)c(Cl)[n+]1N. The molecule has 0 spiro atoms. The van der Waals surface area contributed by atoms with Crippen LogP contribution in [-0.4, -0.2) is 0 Å². The average molecular weight is 247 g/mol. The minimum atomic E-state index is -4.62. The lowest BCUT2D eigenvalue weighted by atomic mass is 10.2. The van der Waals surface area contributed by atoms with Gasteiger partial charge in [-0.25, -0.2) is 0 Å². The highest BCUT2D eigenvalue weighted by molar-refractivity contribution is 6.33. The van der Waals surface area contributed by atoms with Gasteiger partial charge in [-0.15, -0.1) is 4.68 Å². The zero-order chi connectivity index (χ0) is 11.1. The minimum absolute atomic E-state index is 0.232. The number of pyridine rings is 1. The van der Waals surface area contributed by atoms with Crippen molar-refractivity contribution >= 4 is 29.0 Å². The molecule has 0 fully saturated rings. The number of nitrogens with zero attached hydrogens (tertiary/aromatic N) is 1. The summed E-state index contributed by atoms with van der Waals surface area (Å²) in [5, 5.41) is -1.01. The summed E-state index contributed by atoms with van der Waals surface area (Å²) in [7, 11) is 0. The van der Waals surface area contributed by atoms with E-state index in [4.69, 9.17) is 34.8 Å². The van der Waals surface area contributed by atoms with Gasteiger partial charge in [0.05, 0.1) is 0 Å². The monoisotopic (exact) mass is 246 g/mol. The summed E-state index contributed by atoms with van der Waals surface area (Å²) in [6.45, 7) is 0. The molecule has 0 aromatic carbocycles. The van der Waals surface area contributed by atoms with E-state index >= 15 is 0 Å².